The maximum Gasteiger partial charge on any atom is 0.355 e. The summed E-state index contributed by atoms with van der Waals surface area (Å²) in [7, 11) is 0. The number of hydrogen-bond acceptors (Lipinski definition) is 4. The number of aromatic nitrogens is 3. The molecule has 2 heterocycles. The standard InChI is InChI=1S/C19H19N3O2S/c23-18(24)15-12-25-19(20-15)22-16-11-7-2-1-6-10-14(16)17(21-22)13-8-4-3-5-9-13/h3-5,8-9,12H,1-2,6-7,10-11H2,(H,23,24). The van der Waals surface area contributed by atoms with E-state index in [1.807, 2.05) is 22.9 Å². The molecule has 0 unspecified atom stereocenters. The van der Waals surface area contributed by atoms with Crippen molar-refractivity contribution in [3.05, 3.63) is 52.7 Å². The van der Waals surface area contributed by atoms with Crippen molar-refractivity contribution in [1.82, 2.24) is 14.8 Å². The van der Waals surface area contributed by atoms with Crippen LogP contribution in [0.3, 0.4) is 0 Å². The number of hydrogen-bond donors (Lipinski definition) is 1. The van der Waals surface area contributed by atoms with Crippen LogP contribution >= 0.6 is 11.3 Å². The van der Waals surface area contributed by atoms with Crippen LogP contribution in [0.25, 0.3) is 16.4 Å². The number of carboxylic acid groups (broad SMARTS) is 1. The molecular formula is C19H19N3O2S. The lowest BCUT2D eigenvalue weighted by Gasteiger charge is -2.11. The number of aromatic carboxylic acids is 1. The zero-order chi connectivity index (χ0) is 17.2. The molecule has 0 saturated carbocycles. The molecule has 4 rings (SSSR count). The molecule has 25 heavy (non-hydrogen) atoms. The lowest BCUT2D eigenvalue weighted by Crippen LogP contribution is -2.06. The van der Waals surface area contributed by atoms with E-state index >= 15 is 0 Å². The van der Waals surface area contributed by atoms with E-state index in [9.17, 15) is 4.79 Å². The number of nitrogens with zero attached hydrogens (tertiary/aromatic N) is 3. The minimum atomic E-state index is -0.999. The fraction of sp³-hybridized carbons (Fsp3) is 0.316. The zero-order valence-corrected chi connectivity index (χ0v) is 14.6. The molecule has 1 aromatic carbocycles. The maximum atomic E-state index is 11.2. The maximum absolute atomic E-state index is 11.2. The number of thiazole rings is 1. The summed E-state index contributed by atoms with van der Waals surface area (Å²) in [4.78, 5) is 15.4. The summed E-state index contributed by atoms with van der Waals surface area (Å²) in [5.41, 5.74) is 4.66. The van der Waals surface area contributed by atoms with Gasteiger partial charge in [-0.15, -0.1) is 11.3 Å². The van der Waals surface area contributed by atoms with Gasteiger partial charge in [-0.3, -0.25) is 0 Å². The van der Waals surface area contributed by atoms with E-state index in [-0.39, 0.29) is 5.69 Å². The first-order valence-corrected chi connectivity index (χ1v) is 9.47. The van der Waals surface area contributed by atoms with Crippen LogP contribution < -0.4 is 0 Å². The molecule has 6 heteroatoms. The third-order valence-electron chi connectivity index (χ3n) is 4.62. The van der Waals surface area contributed by atoms with Gasteiger partial charge in [0.15, 0.2) is 5.69 Å². The SMILES string of the molecule is O=C(O)c1csc(-n2nc(-c3ccccc3)c3c2CCCCCC3)n1. The predicted octanol–water partition coefficient (Wildman–Crippen LogP) is 4.35. The third-order valence-corrected chi connectivity index (χ3v) is 5.44. The highest BCUT2D eigenvalue weighted by Crippen LogP contribution is 2.32. The van der Waals surface area contributed by atoms with Gasteiger partial charge in [-0.05, 0) is 25.7 Å². The number of benzene rings is 1. The summed E-state index contributed by atoms with van der Waals surface area (Å²) in [6.45, 7) is 0. The van der Waals surface area contributed by atoms with Crippen LogP contribution in [-0.4, -0.2) is 25.8 Å². The van der Waals surface area contributed by atoms with Gasteiger partial charge in [0.05, 0.1) is 11.4 Å². The van der Waals surface area contributed by atoms with Gasteiger partial charge in [-0.1, -0.05) is 43.2 Å². The van der Waals surface area contributed by atoms with Crippen molar-refractivity contribution >= 4 is 17.3 Å². The minimum absolute atomic E-state index is 0.0800. The molecule has 1 N–H and O–H groups in total. The van der Waals surface area contributed by atoms with Crippen LogP contribution in [0.5, 0.6) is 0 Å². The van der Waals surface area contributed by atoms with Crippen molar-refractivity contribution in [2.45, 2.75) is 38.5 Å². The molecule has 5 nitrogen and oxygen atoms in total. The molecule has 2 aromatic heterocycles. The van der Waals surface area contributed by atoms with E-state index < -0.39 is 5.97 Å². The van der Waals surface area contributed by atoms with Gasteiger partial charge < -0.3 is 5.11 Å². The van der Waals surface area contributed by atoms with Crippen molar-refractivity contribution in [2.24, 2.45) is 0 Å². The lowest BCUT2D eigenvalue weighted by atomic mass is 9.95. The van der Waals surface area contributed by atoms with Gasteiger partial charge in [-0.2, -0.15) is 5.10 Å². The van der Waals surface area contributed by atoms with Crippen molar-refractivity contribution in [1.29, 1.82) is 0 Å². The van der Waals surface area contributed by atoms with Crippen molar-refractivity contribution in [2.75, 3.05) is 0 Å². The lowest BCUT2D eigenvalue weighted by molar-refractivity contribution is 0.0691. The average Bonchev–Trinajstić information content (AvgIpc) is 3.20. The Bertz CT molecular complexity index is 899. The highest BCUT2D eigenvalue weighted by molar-refractivity contribution is 7.12. The van der Waals surface area contributed by atoms with E-state index in [1.54, 1.807) is 5.38 Å². The van der Waals surface area contributed by atoms with Gasteiger partial charge in [0.2, 0.25) is 5.13 Å². The fourth-order valence-corrected chi connectivity index (χ4v) is 4.17. The highest BCUT2D eigenvalue weighted by atomic mass is 32.1. The molecule has 0 aliphatic heterocycles. The first kappa shape index (κ1) is 16.0. The third kappa shape index (κ3) is 3.09. The Kier molecular flexibility index (Phi) is 4.36. The van der Waals surface area contributed by atoms with Gasteiger partial charge in [0, 0.05) is 16.5 Å². The van der Waals surface area contributed by atoms with E-state index in [4.69, 9.17) is 10.2 Å². The van der Waals surface area contributed by atoms with E-state index in [2.05, 4.69) is 17.1 Å². The normalized spacial score (nSPS) is 14.6. The summed E-state index contributed by atoms with van der Waals surface area (Å²) in [5, 5.41) is 16.2. The molecule has 1 aliphatic carbocycles. The smallest absolute Gasteiger partial charge is 0.355 e. The summed E-state index contributed by atoms with van der Waals surface area (Å²) in [6, 6.07) is 10.2. The Labute approximate surface area is 150 Å². The molecule has 0 saturated heterocycles. The fourth-order valence-electron chi connectivity index (χ4n) is 3.40. The van der Waals surface area contributed by atoms with Crippen LogP contribution in [0.15, 0.2) is 35.7 Å². The second-order valence-corrected chi connectivity index (χ2v) is 7.12. The summed E-state index contributed by atoms with van der Waals surface area (Å²) in [6.07, 6.45) is 6.73. The van der Waals surface area contributed by atoms with Crippen LogP contribution in [0.1, 0.15) is 47.4 Å². The monoisotopic (exact) mass is 353 g/mol. The van der Waals surface area contributed by atoms with Crippen LogP contribution in [0.2, 0.25) is 0 Å². The minimum Gasteiger partial charge on any atom is -0.476 e. The van der Waals surface area contributed by atoms with E-state index in [1.165, 1.54) is 35.4 Å². The summed E-state index contributed by atoms with van der Waals surface area (Å²) >= 11 is 1.33. The number of carbonyl (C=O) groups is 1. The molecule has 0 bridgehead atoms. The second-order valence-electron chi connectivity index (χ2n) is 6.29. The first-order chi connectivity index (χ1) is 12.2. The molecule has 0 amide bonds. The molecular weight excluding hydrogens is 334 g/mol. The van der Waals surface area contributed by atoms with Gasteiger partial charge in [0.25, 0.3) is 0 Å². The average molecular weight is 353 g/mol. The van der Waals surface area contributed by atoms with Crippen molar-refractivity contribution in [3.63, 3.8) is 0 Å². The first-order valence-electron chi connectivity index (χ1n) is 8.59. The quantitative estimate of drug-likeness (QED) is 0.760. The van der Waals surface area contributed by atoms with Crippen LogP contribution in [0, 0.1) is 0 Å². The molecule has 0 atom stereocenters. The van der Waals surface area contributed by atoms with Gasteiger partial charge >= 0.3 is 5.97 Å². The van der Waals surface area contributed by atoms with Gasteiger partial charge in [-0.25, -0.2) is 14.5 Å². The Morgan fingerprint density at radius 3 is 2.56 bits per heavy atom. The number of fused-ring (bicyclic) bond motifs is 1. The van der Waals surface area contributed by atoms with Crippen molar-refractivity contribution in [3.8, 4) is 16.4 Å². The molecule has 3 aromatic rings. The number of carboxylic acids is 1. The second kappa shape index (κ2) is 6.80. The van der Waals surface area contributed by atoms with E-state index in [0.29, 0.717) is 5.13 Å². The predicted molar refractivity (Wildman–Crippen MR) is 97.5 cm³/mol. The summed E-state index contributed by atoms with van der Waals surface area (Å²) in [5.74, 6) is -0.999. The number of rotatable bonds is 3. The van der Waals surface area contributed by atoms with Crippen LogP contribution in [0.4, 0.5) is 0 Å². The summed E-state index contributed by atoms with van der Waals surface area (Å²) < 4.78 is 1.88. The largest absolute Gasteiger partial charge is 0.476 e. The molecule has 0 spiro atoms. The molecule has 1 aliphatic rings. The molecule has 0 fully saturated rings. The Balaban J connectivity index is 1.87. The van der Waals surface area contributed by atoms with Gasteiger partial charge in [0.1, 0.15) is 0 Å². The Morgan fingerprint density at radius 1 is 1.08 bits per heavy atom. The van der Waals surface area contributed by atoms with Crippen molar-refractivity contribution < 1.29 is 9.90 Å². The van der Waals surface area contributed by atoms with Crippen LogP contribution in [-0.2, 0) is 12.8 Å². The Hall–Kier alpha value is -2.47. The Morgan fingerprint density at radius 2 is 1.84 bits per heavy atom. The van der Waals surface area contributed by atoms with E-state index in [0.717, 1.165) is 36.9 Å². The highest BCUT2D eigenvalue weighted by Gasteiger charge is 2.22. The molecule has 0 radical (unpaired) electrons. The molecule has 128 valence electrons. The zero-order valence-electron chi connectivity index (χ0n) is 13.8. The topological polar surface area (TPSA) is 68.0 Å².